The van der Waals surface area contributed by atoms with Crippen molar-refractivity contribution in [2.24, 2.45) is 0 Å². The molecule has 192 valence electrons. The first-order valence-corrected chi connectivity index (χ1v) is 13.5. The van der Waals surface area contributed by atoms with E-state index in [0.717, 1.165) is 41.8 Å². The van der Waals surface area contributed by atoms with E-state index in [1.54, 1.807) is 12.1 Å². The summed E-state index contributed by atoms with van der Waals surface area (Å²) >= 11 is 0. The van der Waals surface area contributed by atoms with E-state index in [-0.39, 0.29) is 11.4 Å². The highest BCUT2D eigenvalue weighted by Crippen LogP contribution is 2.22. The lowest BCUT2D eigenvalue weighted by molar-refractivity contribution is -0.143. The van der Waals surface area contributed by atoms with Crippen molar-refractivity contribution in [1.82, 2.24) is 19.5 Å². The van der Waals surface area contributed by atoms with Gasteiger partial charge in [0.25, 0.3) is 0 Å². The molecule has 36 heavy (non-hydrogen) atoms. The Hall–Kier alpha value is -3.05. The first-order chi connectivity index (χ1) is 17.3. The number of aliphatic carboxylic acids is 1. The lowest BCUT2D eigenvalue weighted by atomic mass is 10.1. The molecule has 10 heteroatoms. The molecule has 2 heterocycles. The number of aromatic nitrogens is 1. The van der Waals surface area contributed by atoms with Gasteiger partial charge in [-0.3, -0.25) is 14.7 Å². The first kappa shape index (κ1) is 26.0. The number of aryl methyl sites for hydroxylation is 1. The van der Waals surface area contributed by atoms with Crippen molar-refractivity contribution in [2.75, 3.05) is 39.3 Å². The van der Waals surface area contributed by atoms with Gasteiger partial charge in [-0.25, -0.2) is 13.1 Å². The zero-order valence-corrected chi connectivity index (χ0v) is 21.4. The van der Waals surface area contributed by atoms with E-state index < -0.39 is 22.0 Å². The number of likely N-dealkylation sites (N-methyl/N-ethyl adjacent to an activating group) is 1. The highest BCUT2D eigenvalue weighted by Gasteiger charge is 2.30. The Labute approximate surface area is 211 Å². The van der Waals surface area contributed by atoms with Crippen molar-refractivity contribution < 1.29 is 23.1 Å². The molecule has 1 aliphatic rings. The van der Waals surface area contributed by atoms with Crippen molar-refractivity contribution >= 4 is 26.9 Å². The van der Waals surface area contributed by atoms with E-state index in [9.17, 15) is 18.3 Å². The lowest BCUT2D eigenvalue weighted by Gasteiger charge is -2.37. The fourth-order valence-corrected chi connectivity index (χ4v) is 5.46. The lowest BCUT2D eigenvalue weighted by Crippen LogP contribution is -2.55. The van der Waals surface area contributed by atoms with E-state index in [0.29, 0.717) is 25.4 Å². The van der Waals surface area contributed by atoms with Gasteiger partial charge in [0.15, 0.2) is 0 Å². The summed E-state index contributed by atoms with van der Waals surface area (Å²) in [6.07, 6.45) is 0. The van der Waals surface area contributed by atoms with Crippen LogP contribution in [0.5, 0.6) is 5.75 Å². The van der Waals surface area contributed by atoms with Gasteiger partial charge in [0.1, 0.15) is 18.4 Å². The summed E-state index contributed by atoms with van der Waals surface area (Å²) in [5.74, 6) is -0.505. The maximum Gasteiger partial charge on any atom is 0.322 e. The van der Waals surface area contributed by atoms with Crippen molar-refractivity contribution in [3.05, 3.63) is 65.9 Å². The Balaban J connectivity index is 1.38. The van der Waals surface area contributed by atoms with Crippen LogP contribution in [0.15, 0.2) is 59.5 Å². The number of ether oxygens (including phenoxy) is 1. The van der Waals surface area contributed by atoms with Crippen molar-refractivity contribution in [1.29, 1.82) is 0 Å². The van der Waals surface area contributed by atoms with Gasteiger partial charge in [-0.05, 0) is 49.9 Å². The summed E-state index contributed by atoms with van der Waals surface area (Å²) in [6.45, 7) is 7.74. The smallest absolute Gasteiger partial charge is 0.322 e. The van der Waals surface area contributed by atoms with E-state index >= 15 is 0 Å². The highest BCUT2D eigenvalue weighted by atomic mass is 32.2. The number of nitrogens with zero attached hydrogens (tertiary/aromatic N) is 3. The van der Waals surface area contributed by atoms with E-state index in [2.05, 4.69) is 21.5 Å². The molecule has 1 aliphatic heterocycles. The number of hydrogen-bond acceptors (Lipinski definition) is 7. The third kappa shape index (κ3) is 6.19. The molecule has 2 N–H and O–H groups in total. The molecular formula is C26H32N4O5S. The molecule has 0 bridgehead atoms. The second kappa shape index (κ2) is 11.3. The zero-order valence-electron chi connectivity index (χ0n) is 20.6. The fraction of sp³-hybridized carbons (Fsp3) is 0.385. The predicted octanol–water partition coefficient (Wildman–Crippen LogP) is 2.49. The molecule has 2 aromatic carbocycles. The molecular weight excluding hydrogens is 480 g/mol. The Morgan fingerprint density at radius 3 is 2.47 bits per heavy atom. The summed E-state index contributed by atoms with van der Waals surface area (Å²) in [5.41, 5.74) is 2.79. The largest absolute Gasteiger partial charge is 0.489 e. The van der Waals surface area contributed by atoms with Gasteiger partial charge in [-0.2, -0.15) is 0 Å². The van der Waals surface area contributed by atoms with Crippen molar-refractivity contribution in [3.8, 4) is 5.75 Å². The number of para-hydroxylation sites is 1. The quantitative estimate of drug-likeness (QED) is 0.426. The van der Waals surface area contributed by atoms with Crippen LogP contribution < -0.4 is 9.46 Å². The van der Waals surface area contributed by atoms with E-state index in [4.69, 9.17) is 4.74 Å². The maximum atomic E-state index is 12.8. The number of pyridine rings is 1. The third-order valence-corrected chi connectivity index (χ3v) is 7.94. The summed E-state index contributed by atoms with van der Waals surface area (Å²) in [7, 11) is -3.88. The second-order valence-corrected chi connectivity index (χ2v) is 10.6. The van der Waals surface area contributed by atoms with Gasteiger partial charge in [-0.1, -0.05) is 25.1 Å². The molecule has 0 saturated carbocycles. The normalized spacial score (nSPS) is 16.2. The van der Waals surface area contributed by atoms with Crippen LogP contribution in [0.25, 0.3) is 10.9 Å². The molecule has 1 fully saturated rings. The summed E-state index contributed by atoms with van der Waals surface area (Å²) in [6, 6.07) is 15.0. The van der Waals surface area contributed by atoms with Gasteiger partial charge < -0.3 is 14.7 Å². The number of benzene rings is 2. The number of fused-ring (bicyclic) bond motifs is 1. The first-order valence-electron chi connectivity index (χ1n) is 12.0. The number of hydrogen-bond donors (Lipinski definition) is 2. The molecule has 4 rings (SSSR count). The number of piperazine rings is 1. The van der Waals surface area contributed by atoms with Crippen molar-refractivity contribution in [2.45, 2.75) is 31.4 Å². The van der Waals surface area contributed by atoms with Crippen LogP contribution in [0, 0.1) is 6.92 Å². The highest BCUT2D eigenvalue weighted by molar-refractivity contribution is 7.89. The maximum absolute atomic E-state index is 12.8. The fourth-order valence-electron chi connectivity index (χ4n) is 4.43. The average Bonchev–Trinajstić information content (AvgIpc) is 2.87. The van der Waals surface area contributed by atoms with Crippen LogP contribution in [-0.2, 0) is 21.4 Å². The molecule has 0 amide bonds. The Kier molecular flexibility index (Phi) is 8.20. The number of sulfonamides is 1. The van der Waals surface area contributed by atoms with Gasteiger partial charge in [-0.15, -0.1) is 0 Å². The number of rotatable bonds is 10. The van der Waals surface area contributed by atoms with Gasteiger partial charge in [0, 0.05) is 49.4 Å². The molecule has 0 spiro atoms. The molecule has 1 aromatic heterocycles. The molecule has 3 aromatic rings. The summed E-state index contributed by atoms with van der Waals surface area (Å²) in [4.78, 5) is 20.5. The minimum absolute atomic E-state index is 0.0556. The Bertz CT molecular complexity index is 1310. The van der Waals surface area contributed by atoms with Crippen LogP contribution in [0.2, 0.25) is 0 Å². The van der Waals surface area contributed by atoms with Crippen LogP contribution in [0.4, 0.5) is 0 Å². The second-order valence-electron chi connectivity index (χ2n) is 8.88. The average molecular weight is 513 g/mol. The van der Waals surface area contributed by atoms with E-state index in [1.165, 1.54) is 12.1 Å². The summed E-state index contributed by atoms with van der Waals surface area (Å²) in [5, 5.41) is 10.7. The monoisotopic (exact) mass is 512 g/mol. The van der Waals surface area contributed by atoms with Crippen LogP contribution in [0.1, 0.15) is 18.2 Å². The van der Waals surface area contributed by atoms with Crippen LogP contribution >= 0.6 is 0 Å². The number of carboxylic acid groups (broad SMARTS) is 1. The topological polar surface area (TPSA) is 112 Å². The van der Waals surface area contributed by atoms with Crippen LogP contribution in [0.3, 0.4) is 0 Å². The molecule has 9 nitrogen and oxygen atoms in total. The van der Waals surface area contributed by atoms with Gasteiger partial charge in [0.2, 0.25) is 10.0 Å². The molecule has 0 unspecified atom stereocenters. The van der Waals surface area contributed by atoms with Crippen LogP contribution in [-0.4, -0.2) is 79.6 Å². The Morgan fingerprint density at radius 1 is 1.11 bits per heavy atom. The number of carboxylic acids is 1. The van der Waals surface area contributed by atoms with E-state index in [1.807, 2.05) is 42.2 Å². The third-order valence-electron chi connectivity index (χ3n) is 6.50. The molecule has 1 atom stereocenters. The zero-order chi connectivity index (χ0) is 25.7. The standard InChI is InChI=1S/C26H32N4O5S/c1-3-29-12-14-30(15-13-29)25(26(31)32)17-27-36(33,34)22-10-8-21(9-11-22)35-18-20-16-19(2)28-24-7-5-4-6-23(20)24/h4-11,16,25,27H,3,12-15,17-18H2,1-2H3,(H,31,32)/t25-/m0/s1. The minimum atomic E-state index is -3.88. The van der Waals surface area contributed by atoms with Gasteiger partial charge in [0.05, 0.1) is 10.4 Å². The molecule has 1 saturated heterocycles. The Morgan fingerprint density at radius 2 is 1.81 bits per heavy atom. The molecule has 0 radical (unpaired) electrons. The number of carbonyl (C=O) groups is 1. The molecule has 0 aliphatic carbocycles. The number of nitrogens with one attached hydrogen (secondary N) is 1. The summed E-state index contributed by atoms with van der Waals surface area (Å²) < 4.78 is 34.1. The SMILES string of the molecule is CCN1CCN([C@@H](CNS(=O)(=O)c2ccc(OCc3cc(C)nc4ccccc34)cc2)C(=O)O)CC1. The van der Waals surface area contributed by atoms with Gasteiger partial charge >= 0.3 is 5.97 Å². The predicted molar refractivity (Wildman–Crippen MR) is 138 cm³/mol. The minimum Gasteiger partial charge on any atom is -0.489 e. The van der Waals surface area contributed by atoms with Crippen molar-refractivity contribution in [3.63, 3.8) is 0 Å².